The fraction of sp³-hybridized carbons (Fsp3) is 0.207. The minimum atomic E-state index is -0.955. The van der Waals surface area contributed by atoms with Crippen LogP contribution in [-0.2, 0) is 16.0 Å². The minimum absolute atomic E-state index is 0.0377. The van der Waals surface area contributed by atoms with E-state index in [1.54, 1.807) is 36.3 Å². The lowest BCUT2D eigenvalue weighted by molar-refractivity contribution is -0.138. The summed E-state index contributed by atoms with van der Waals surface area (Å²) in [5.41, 5.74) is 14.2. The van der Waals surface area contributed by atoms with Crippen LogP contribution in [0.15, 0.2) is 90.1 Å². The number of aromatic nitrogens is 1. The average molecular weight is 513 g/mol. The highest BCUT2D eigenvalue weighted by Gasteiger charge is 2.33. The molecule has 0 fully saturated rings. The SMILES string of the molecule is COc1ccccc1C(C(=O)Nc1ccccc1)N(CCc1c[nH]c2ccccc12)C(=O)CCN=C(N)N. The monoisotopic (exact) mass is 512 g/mol. The second kappa shape index (κ2) is 12.4. The van der Waals surface area contributed by atoms with Gasteiger partial charge in [0.15, 0.2) is 5.96 Å². The zero-order valence-corrected chi connectivity index (χ0v) is 21.3. The Kier molecular flexibility index (Phi) is 8.61. The Hall–Kier alpha value is -4.79. The molecule has 4 aromatic rings. The molecule has 1 atom stereocenters. The third-order valence-electron chi connectivity index (χ3n) is 6.27. The summed E-state index contributed by atoms with van der Waals surface area (Å²) in [6.45, 7) is 0.400. The number of guanidine groups is 1. The second-order valence-corrected chi connectivity index (χ2v) is 8.75. The molecule has 9 nitrogen and oxygen atoms in total. The standard InChI is InChI=1S/C29H32N6O3/c1-38-25-14-8-6-12-23(25)27(28(37)34-21-9-3-2-4-10-21)35(26(36)15-17-32-29(30)31)18-16-20-19-33-24-13-7-5-11-22(20)24/h2-14,19,27,33H,15-18H2,1H3,(H,34,37)(H4,30,31,32). The summed E-state index contributed by atoms with van der Waals surface area (Å²) in [6, 6.07) is 23.4. The van der Waals surface area contributed by atoms with Crippen molar-refractivity contribution in [2.24, 2.45) is 16.5 Å². The van der Waals surface area contributed by atoms with Crippen molar-refractivity contribution in [1.82, 2.24) is 9.88 Å². The molecule has 0 saturated carbocycles. The van der Waals surface area contributed by atoms with E-state index in [0.29, 0.717) is 23.4 Å². The van der Waals surface area contributed by atoms with Crippen LogP contribution >= 0.6 is 0 Å². The van der Waals surface area contributed by atoms with E-state index in [2.05, 4.69) is 15.3 Å². The van der Waals surface area contributed by atoms with Gasteiger partial charge in [-0.15, -0.1) is 0 Å². The molecule has 4 rings (SSSR count). The van der Waals surface area contributed by atoms with Gasteiger partial charge < -0.3 is 31.4 Å². The molecule has 9 heteroatoms. The Morgan fingerprint density at radius 2 is 1.71 bits per heavy atom. The van der Waals surface area contributed by atoms with Gasteiger partial charge in [-0.2, -0.15) is 0 Å². The van der Waals surface area contributed by atoms with E-state index in [0.717, 1.165) is 16.5 Å². The summed E-state index contributed by atoms with van der Waals surface area (Å²) in [7, 11) is 1.54. The number of rotatable bonds is 11. The first-order chi connectivity index (χ1) is 18.5. The highest BCUT2D eigenvalue weighted by atomic mass is 16.5. The number of nitrogens with one attached hydrogen (secondary N) is 2. The molecule has 0 aliphatic heterocycles. The van der Waals surface area contributed by atoms with Crippen LogP contribution in [0.25, 0.3) is 10.9 Å². The summed E-state index contributed by atoms with van der Waals surface area (Å²) >= 11 is 0. The van der Waals surface area contributed by atoms with Gasteiger partial charge in [-0.25, -0.2) is 0 Å². The molecule has 6 N–H and O–H groups in total. The average Bonchev–Trinajstić information content (AvgIpc) is 3.34. The summed E-state index contributed by atoms with van der Waals surface area (Å²) < 4.78 is 5.60. The van der Waals surface area contributed by atoms with Gasteiger partial charge in [-0.1, -0.05) is 54.6 Å². The number of nitrogens with two attached hydrogens (primary N) is 2. The number of nitrogens with zero attached hydrogens (tertiary/aromatic N) is 2. The zero-order valence-electron chi connectivity index (χ0n) is 21.3. The lowest BCUT2D eigenvalue weighted by Gasteiger charge is -2.32. The number of aliphatic imine (C=N–C) groups is 1. The second-order valence-electron chi connectivity index (χ2n) is 8.75. The van der Waals surface area contributed by atoms with Crippen LogP contribution < -0.4 is 21.5 Å². The Balaban J connectivity index is 1.72. The van der Waals surface area contributed by atoms with Crippen LogP contribution in [0, 0.1) is 0 Å². The summed E-state index contributed by atoms with van der Waals surface area (Å²) in [4.78, 5) is 36.3. The molecule has 2 amide bonds. The van der Waals surface area contributed by atoms with Gasteiger partial charge >= 0.3 is 0 Å². The van der Waals surface area contributed by atoms with Crippen LogP contribution in [0.2, 0.25) is 0 Å². The van der Waals surface area contributed by atoms with Crippen molar-refractivity contribution >= 4 is 34.4 Å². The van der Waals surface area contributed by atoms with Gasteiger partial charge in [-0.05, 0) is 36.2 Å². The minimum Gasteiger partial charge on any atom is -0.496 e. The molecule has 0 radical (unpaired) electrons. The molecule has 1 unspecified atom stereocenters. The number of methoxy groups -OCH3 is 1. The number of hydrogen-bond acceptors (Lipinski definition) is 4. The van der Waals surface area contributed by atoms with E-state index >= 15 is 0 Å². The van der Waals surface area contributed by atoms with Crippen LogP contribution in [0.5, 0.6) is 5.75 Å². The zero-order chi connectivity index (χ0) is 26.9. The number of carbonyl (C=O) groups excluding carboxylic acids is 2. The van der Waals surface area contributed by atoms with Crippen molar-refractivity contribution in [2.75, 3.05) is 25.5 Å². The van der Waals surface area contributed by atoms with E-state index in [1.807, 2.05) is 60.8 Å². The van der Waals surface area contributed by atoms with Gasteiger partial charge in [0.2, 0.25) is 5.91 Å². The van der Waals surface area contributed by atoms with Crippen molar-refractivity contribution in [3.8, 4) is 5.75 Å². The molecule has 38 heavy (non-hydrogen) atoms. The Labute approximate surface area is 221 Å². The van der Waals surface area contributed by atoms with E-state index in [4.69, 9.17) is 16.2 Å². The van der Waals surface area contributed by atoms with Crippen LogP contribution in [0.1, 0.15) is 23.6 Å². The lowest BCUT2D eigenvalue weighted by Crippen LogP contribution is -2.43. The topological polar surface area (TPSA) is 139 Å². The number of benzene rings is 3. The quantitative estimate of drug-likeness (QED) is 0.180. The smallest absolute Gasteiger partial charge is 0.251 e. The third-order valence-corrected chi connectivity index (χ3v) is 6.27. The predicted octanol–water partition coefficient (Wildman–Crippen LogP) is 3.59. The number of ether oxygens (including phenoxy) is 1. The molecule has 1 heterocycles. The van der Waals surface area contributed by atoms with Crippen molar-refractivity contribution < 1.29 is 14.3 Å². The number of fused-ring (bicyclic) bond motifs is 1. The van der Waals surface area contributed by atoms with E-state index < -0.39 is 6.04 Å². The van der Waals surface area contributed by atoms with E-state index in [9.17, 15) is 9.59 Å². The summed E-state index contributed by atoms with van der Waals surface area (Å²) in [5.74, 6) is -0.190. The van der Waals surface area contributed by atoms with Gasteiger partial charge in [0.1, 0.15) is 11.8 Å². The van der Waals surface area contributed by atoms with E-state index in [-0.39, 0.29) is 37.3 Å². The maximum absolute atomic E-state index is 13.8. The fourth-order valence-corrected chi connectivity index (χ4v) is 4.48. The van der Waals surface area contributed by atoms with Gasteiger partial charge in [-0.3, -0.25) is 14.6 Å². The molecule has 0 saturated heterocycles. The van der Waals surface area contributed by atoms with Crippen LogP contribution in [0.4, 0.5) is 5.69 Å². The van der Waals surface area contributed by atoms with Crippen molar-refractivity contribution in [3.63, 3.8) is 0 Å². The predicted molar refractivity (Wildman–Crippen MR) is 150 cm³/mol. The Bertz CT molecular complexity index is 1410. The molecule has 0 aliphatic rings. The maximum Gasteiger partial charge on any atom is 0.251 e. The Morgan fingerprint density at radius 3 is 2.47 bits per heavy atom. The first-order valence-corrected chi connectivity index (χ1v) is 12.4. The normalized spacial score (nSPS) is 11.5. The Morgan fingerprint density at radius 1 is 1.00 bits per heavy atom. The van der Waals surface area contributed by atoms with Crippen LogP contribution in [0.3, 0.4) is 0 Å². The molecule has 0 aliphatic carbocycles. The summed E-state index contributed by atoms with van der Waals surface area (Å²) in [5, 5.41) is 4.03. The highest BCUT2D eigenvalue weighted by molar-refractivity contribution is 5.98. The molecule has 3 aromatic carbocycles. The number of aromatic amines is 1. The van der Waals surface area contributed by atoms with Crippen LogP contribution in [-0.4, -0.2) is 47.9 Å². The van der Waals surface area contributed by atoms with E-state index in [1.165, 1.54) is 0 Å². The lowest BCUT2D eigenvalue weighted by atomic mass is 10.0. The molecular formula is C29H32N6O3. The summed E-state index contributed by atoms with van der Waals surface area (Å²) in [6.07, 6.45) is 2.51. The number of H-pyrrole nitrogens is 1. The number of anilines is 1. The largest absolute Gasteiger partial charge is 0.496 e. The van der Waals surface area contributed by atoms with Gasteiger partial charge in [0.05, 0.1) is 13.7 Å². The number of para-hydroxylation sites is 3. The fourth-order valence-electron chi connectivity index (χ4n) is 4.48. The molecular weight excluding hydrogens is 480 g/mol. The molecule has 0 bridgehead atoms. The highest BCUT2D eigenvalue weighted by Crippen LogP contribution is 2.32. The van der Waals surface area contributed by atoms with Crippen molar-refractivity contribution in [2.45, 2.75) is 18.9 Å². The third kappa shape index (κ3) is 6.31. The van der Waals surface area contributed by atoms with Gasteiger partial charge in [0, 0.05) is 41.3 Å². The molecule has 1 aromatic heterocycles. The first kappa shape index (κ1) is 26.3. The molecule has 0 spiro atoms. The number of amides is 2. The number of carbonyl (C=O) groups is 2. The first-order valence-electron chi connectivity index (χ1n) is 12.4. The van der Waals surface area contributed by atoms with Crippen molar-refractivity contribution in [1.29, 1.82) is 0 Å². The maximum atomic E-state index is 13.8. The number of hydrogen-bond donors (Lipinski definition) is 4. The molecule has 196 valence electrons. The van der Waals surface area contributed by atoms with Gasteiger partial charge in [0.25, 0.3) is 5.91 Å². The van der Waals surface area contributed by atoms with Crippen molar-refractivity contribution in [3.05, 3.63) is 96.2 Å².